The van der Waals surface area contributed by atoms with E-state index < -0.39 is 17.7 Å². The van der Waals surface area contributed by atoms with Crippen LogP contribution in [0.25, 0.3) is 0 Å². The van der Waals surface area contributed by atoms with E-state index in [9.17, 15) is 14.0 Å². The summed E-state index contributed by atoms with van der Waals surface area (Å²) in [5.74, 6) is 0.766. The minimum atomic E-state index is -0.644. The number of ether oxygens (including phenoxy) is 2. The van der Waals surface area contributed by atoms with Crippen LogP contribution in [0, 0.1) is 11.7 Å². The van der Waals surface area contributed by atoms with Crippen LogP contribution in [-0.4, -0.2) is 40.1 Å². The average Bonchev–Trinajstić information content (AvgIpc) is 3.33. The molecule has 2 aliphatic rings. The van der Waals surface area contributed by atoms with Crippen molar-refractivity contribution in [3.63, 3.8) is 0 Å². The van der Waals surface area contributed by atoms with Crippen molar-refractivity contribution in [1.29, 1.82) is 0 Å². The third kappa shape index (κ3) is 6.74. The maximum absolute atomic E-state index is 13.9. The lowest BCUT2D eigenvalue weighted by Gasteiger charge is -2.35. The summed E-state index contributed by atoms with van der Waals surface area (Å²) in [6.07, 6.45) is 7.81. The second-order valence-electron chi connectivity index (χ2n) is 10.7. The highest BCUT2D eigenvalue weighted by molar-refractivity contribution is 5.86. The van der Waals surface area contributed by atoms with Gasteiger partial charge in [-0.2, -0.15) is 0 Å². The molecule has 2 aromatic rings. The maximum Gasteiger partial charge on any atom is 0.408 e. The number of nitrogens with zero attached hydrogens (tertiary/aromatic N) is 2. The predicted octanol–water partition coefficient (Wildman–Crippen LogP) is 6.15. The fraction of sp³-hybridized carbons (Fsp3) is 0.536. The van der Waals surface area contributed by atoms with Gasteiger partial charge in [-0.3, -0.25) is 9.78 Å². The predicted molar refractivity (Wildman–Crippen MR) is 134 cm³/mol. The number of aromatic nitrogens is 1. The van der Waals surface area contributed by atoms with Crippen LogP contribution in [-0.2, 0) is 9.53 Å². The zero-order valence-corrected chi connectivity index (χ0v) is 21.3. The van der Waals surface area contributed by atoms with E-state index in [0.29, 0.717) is 18.0 Å². The van der Waals surface area contributed by atoms with Gasteiger partial charge in [-0.05, 0) is 82.7 Å². The number of hydrogen-bond donors (Lipinski definition) is 1. The summed E-state index contributed by atoms with van der Waals surface area (Å²) in [6.45, 7) is 6.04. The molecule has 0 spiro atoms. The van der Waals surface area contributed by atoms with Crippen molar-refractivity contribution in [1.82, 2.24) is 15.2 Å². The normalized spacial score (nSPS) is 19.6. The van der Waals surface area contributed by atoms with Crippen LogP contribution >= 0.6 is 0 Å². The van der Waals surface area contributed by atoms with Crippen molar-refractivity contribution < 1.29 is 23.5 Å². The molecule has 1 N–H and O–H groups in total. The smallest absolute Gasteiger partial charge is 0.408 e. The van der Waals surface area contributed by atoms with Crippen LogP contribution in [0.15, 0.2) is 42.6 Å². The number of halogens is 1. The lowest BCUT2D eigenvalue weighted by Crippen LogP contribution is -2.53. The van der Waals surface area contributed by atoms with Crippen molar-refractivity contribution >= 4 is 12.0 Å². The highest BCUT2D eigenvalue weighted by atomic mass is 19.1. The van der Waals surface area contributed by atoms with Gasteiger partial charge in [0.25, 0.3) is 0 Å². The van der Waals surface area contributed by atoms with Gasteiger partial charge in [0.1, 0.15) is 29.0 Å². The van der Waals surface area contributed by atoms with Gasteiger partial charge in [-0.15, -0.1) is 0 Å². The Morgan fingerprint density at radius 1 is 1.03 bits per heavy atom. The first-order valence-corrected chi connectivity index (χ1v) is 12.9. The first-order valence-electron chi connectivity index (χ1n) is 12.9. The summed E-state index contributed by atoms with van der Waals surface area (Å²) in [7, 11) is 0. The van der Waals surface area contributed by atoms with Crippen molar-refractivity contribution in [2.75, 3.05) is 6.54 Å². The fourth-order valence-electron chi connectivity index (χ4n) is 5.11. The lowest BCUT2D eigenvalue weighted by molar-refractivity contribution is -0.136. The van der Waals surface area contributed by atoms with Crippen LogP contribution in [0.2, 0.25) is 0 Å². The van der Waals surface area contributed by atoms with Gasteiger partial charge in [0.05, 0.1) is 11.7 Å². The largest absolute Gasteiger partial charge is 0.457 e. The molecule has 1 aliphatic heterocycles. The molecule has 1 aromatic heterocycles. The van der Waals surface area contributed by atoms with Crippen molar-refractivity contribution in [2.45, 2.75) is 83.4 Å². The molecule has 194 valence electrons. The molecule has 7 nitrogen and oxygen atoms in total. The van der Waals surface area contributed by atoms with E-state index in [-0.39, 0.29) is 23.7 Å². The topological polar surface area (TPSA) is 80.8 Å². The summed E-state index contributed by atoms with van der Waals surface area (Å²) in [5.41, 5.74) is 0.0927. The lowest BCUT2D eigenvalue weighted by atomic mass is 9.83. The Bertz CT molecular complexity index is 1050. The highest BCUT2D eigenvalue weighted by Crippen LogP contribution is 2.36. The number of carbonyl (C=O) groups is 2. The van der Waals surface area contributed by atoms with Gasteiger partial charge in [0.15, 0.2) is 0 Å². The summed E-state index contributed by atoms with van der Waals surface area (Å²) < 4.78 is 24.6. The second-order valence-corrected chi connectivity index (χ2v) is 10.7. The number of likely N-dealkylation sites (tertiary alicyclic amines) is 1. The summed E-state index contributed by atoms with van der Waals surface area (Å²) in [5, 5.41) is 2.91. The first-order chi connectivity index (χ1) is 17.2. The monoisotopic (exact) mass is 497 g/mol. The SMILES string of the molecule is CC(C)(C)OC(=O)N[C@H](C(=O)N1CCC[C@H]1c1cc(Oc2ccc(F)cc2)ccn1)C1CCCCC1. The first kappa shape index (κ1) is 25.9. The standard InChI is InChI=1S/C28H36FN3O4/c1-28(2,3)36-27(34)31-25(19-8-5-4-6-9-19)26(33)32-17-7-10-24(32)23-18-22(15-16-30-23)35-21-13-11-20(29)12-14-21/h11-16,18-19,24-25H,4-10,17H2,1-3H3,(H,31,34)/t24-,25-/m0/s1. The summed E-state index contributed by atoms with van der Waals surface area (Å²) in [4.78, 5) is 33.0. The van der Waals surface area contributed by atoms with Gasteiger partial charge in [0, 0.05) is 18.8 Å². The van der Waals surface area contributed by atoms with Crippen molar-refractivity contribution in [3.8, 4) is 11.5 Å². The molecule has 0 radical (unpaired) electrons. The Morgan fingerprint density at radius 3 is 2.44 bits per heavy atom. The molecule has 4 rings (SSSR count). The zero-order chi connectivity index (χ0) is 25.7. The van der Waals surface area contributed by atoms with Crippen LogP contribution < -0.4 is 10.1 Å². The number of nitrogens with one attached hydrogen (secondary N) is 1. The van der Waals surface area contributed by atoms with Gasteiger partial charge in [0.2, 0.25) is 5.91 Å². The average molecular weight is 498 g/mol. The molecule has 2 atom stereocenters. The molecule has 1 aromatic carbocycles. The van der Waals surface area contributed by atoms with Crippen LogP contribution in [0.3, 0.4) is 0 Å². The summed E-state index contributed by atoms with van der Waals surface area (Å²) >= 11 is 0. The molecule has 0 bridgehead atoms. The Labute approximate surface area is 212 Å². The molecular weight excluding hydrogens is 461 g/mol. The van der Waals surface area contributed by atoms with E-state index in [4.69, 9.17) is 9.47 Å². The van der Waals surface area contributed by atoms with E-state index in [1.54, 1.807) is 24.4 Å². The molecule has 2 fully saturated rings. The minimum absolute atomic E-state index is 0.0816. The van der Waals surface area contributed by atoms with E-state index in [1.807, 2.05) is 31.7 Å². The Kier molecular flexibility index (Phi) is 8.11. The Hall–Kier alpha value is -3.16. The van der Waals surface area contributed by atoms with Crippen molar-refractivity contribution in [3.05, 3.63) is 54.1 Å². The zero-order valence-electron chi connectivity index (χ0n) is 21.3. The minimum Gasteiger partial charge on any atom is -0.457 e. The van der Waals surface area contributed by atoms with Gasteiger partial charge >= 0.3 is 6.09 Å². The maximum atomic E-state index is 13.9. The van der Waals surface area contributed by atoms with E-state index >= 15 is 0 Å². The molecular formula is C28H36FN3O4. The molecule has 1 saturated carbocycles. The molecule has 36 heavy (non-hydrogen) atoms. The summed E-state index contributed by atoms with van der Waals surface area (Å²) in [6, 6.07) is 8.56. The van der Waals surface area contributed by atoms with E-state index in [1.165, 1.54) is 12.1 Å². The third-order valence-electron chi connectivity index (χ3n) is 6.74. The number of pyridine rings is 1. The number of amides is 2. The van der Waals surface area contributed by atoms with Gasteiger partial charge in [-0.25, -0.2) is 9.18 Å². The molecule has 1 saturated heterocycles. The van der Waals surface area contributed by atoms with Crippen molar-refractivity contribution in [2.24, 2.45) is 5.92 Å². The van der Waals surface area contributed by atoms with E-state index in [2.05, 4.69) is 10.3 Å². The van der Waals surface area contributed by atoms with Crippen LogP contribution in [0.5, 0.6) is 11.5 Å². The van der Waals surface area contributed by atoms with Gasteiger partial charge < -0.3 is 19.7 Å². The molecule has 2 heterocycles. The molecule has 0 unspecified atom stereocenters. The van der Waals surface area contributed by atoms with Crippen LogP contribution in [0.4, 0.5) is 9.18 Å². The number of carbonyl (C=O) groups excluding carboxylic acids is 2. The second kappa shape index (κ2) is 11.3. The highest BCUT2D eigenvalue weighted by Gasteiger charge is 2.39. The number of hydrogen-bond acceptors (Lipinski definition) is 5. The van der Waals surface area contributed by atoms with Gasteiger partial charge in [-0.1, -0.05) is 19.3 Å². The number of benzene rings is 1. The number of alkyl carbamates (subject to hydrolysis) is 1. The fourth-order valence-corrected chi connectivity index (χ4v) is 5.11. The molecule has 2 amide bonds. The Balaban J connectivity index is 1.52. The Morgan fingerprint density at radius 2 is 1.75 bits per heavy atom. The quantitative estimate of drug-likeness (QED) is 0.518. The molecule has 1 aliphatic carbocycles. The molecule has 8 heteroatoms. The third-order valence-corrected chi connectivity index (χ3v) is 6.74. The van der Waals surface area contributed by atoms with Crippen LogP contribution in [0.1, 0.15) is 77.5 Å². The number of rotatable bonds is 6. The van der Waals surface area contributed by atoms with E-state index in [0.717, 1.165) is 50.6 Å².